The summed E-state index contributed by atoms with van der Waals surface area (Å²) in [5.74, 6) is 0.00765. The Morgan fingerprint density at radius 3 is 2.68 bits per heavy atom. The highest BCUT2D eigenvalue weighted by Gasteiger charge is 2.31. The number of piperazine rings is 1. The number of hydrogen-bond donors (Lipinski definition) is 1. The third-order valence-corrected chi connectivity index (χ3v) is 4.23. The van der Waals surface area contributed by atoms with Gasteiger partial charge in [-0.15, -0.1) is 0 Å². The minimum Gasteiger partial charge on any atom is -0.494 e. The molecule has 1 aliphatic rings. The lowest BCUT2D eigenvalue weighted by molar-refractivity contribution is 0.277. The second-order valence-electron chi connectivity index (χ2n) is 5.15. The van der Waals surface area contributed by atoms with Crippen molar-refractivity contribution in [2.45, 2.75) is 32.2 Å². The highest BCUT2D eigenvalue weighted by atomic mass is 19.1. The first-order chi connectivity index (χ1) is 9.14. The quantitative estimate of drug-likeness (QED) is 0.907. The molecule has 0 aliphatic carbocycles. The third-order valence-electron chi connectivity index (χ3n) is 4.23. The van der Waals surface area contributed by atoms with Crippen molar-refractivity contribution >= 4 is 5.69 Å². The molecule has 0 bridgehead atoms. The fourth-order valence-electron chi connectivity index (χ4n) is 2.75. The Morgan fingerprint density at radius 1 is 1.37 bits per heavy atom. The van der Waals surface area contributed by atoms with Gasteiger partial charge in [-0.2, -0.15) is 0 Å². The van der Waals surface area contributed by atoms with Crippen molar-refractivity contribution in [3.63, 3.8) is 0 Å². The molecule has 1 saturated heterocycles. The lowest BCUT2D eigenvalue weighted by atomic mass is 9.90. The second kappa shape index (κ2) is 5.78. The zero-order chi connectivity index (χ0) is 13.9. The van der Waals surface area contributed by atoms with Gasteiger partial charge in [0.2, 0.25) is 0 Å². The number of methoxy groups -OCH3 is 1. The molecule has 1 fully saturated rings. The van der Waals surface area contributed by atoms with E-state index >= 15 is 0 Å². The Bertz CT molecular complexity index is 432. The maximum absolute atomic E-state index is 13.8. The number of nitrogens with one attached hydrogen (secondary N) is 1. The Kier molecular flexibility index (Phi) is 4.30. The van der Waals surface area contributed by atoms with Gasteiger partial charge in [-0.05, 0) is 25.0 Å². The molecule has 0 aromatic heterocycles. The number of rotatable bonds is 4. The number of benzene rings is 1. The summed E-state index contributed by atoms with van der Waals surface area (Å²) in [6, 6.07) is 5.20. The molecule has 3 nitrogen and oxygen atoms in total. The van der Waals surface area contributed by atoms with E-state index in [1.807, 2.05) is 6.07 Å². The van der Waals surface area contributed by atoms with Crippen LogP contribution in [0.15, 0.2) is 18.2 Å². The van der Waals surface area contributed by atoms with Crippen LogP contribution in [0.5, 0.6) is 5.75 Å². The summed E-state index contributed by atoms with van der Waals surface area (Å²) < 4.78 is 18.8. The van der Waals surface area contributed by atoms with Crippen LogP contribution in [0.3, 0.4) is 0 Å². The van der Waals surface area contributed by atoms with E-state index in [0.717, 1.165) is 38.2 Å². The Labute approximate surface area is 114 Å². The summed E-state index contributed by atoms with van der Waals surface area (Å²) in [6.07, 6.45) is 2.16. The zero-order valence-corrected chi connectivity index (χ0v) is 12.0. The molecule has 0 atom stereocenters. The first kappa shape index (κ1) is 14.1. The maximum Gasteiger partial charge on any atom is 0.167 e. The van der Waals surface area contributed by atoms with Gasteiger partial charge in [-0.1, -0.05) is 13.8 Å². The van der Waals surface area contributed by atoms with Gasteiger partial charge in [-0.25, -0.2) is 4.39 Å². The average molecular weight is 266 g/mol. The van der Waals surface area contributed by atoms with Gasteiger partial charge in [0.05, 0.1) is 7.11 Å². The molecule has 1 heterocycles. The smallest absolute Gasteiger partial charge is 0.167 e. The highest BCUT2D eigenvalue weighted by Crippen LogP contribution is 2.27. The molecule has 0 spiro atoms. The fourth-order valence-corrected chi connectivity index (χ4v) is 2.75. The van der Waals surface area contributed by atoms with Gasteiger partial charge >= 0.3 is 0 Å². The van der Waals surface area contributed by atoms with Gasteiger partial charge in [-0.3, -0.25) is 0 Å². The number of anilines is 1. The van der Waals surface area contributed by atoms with Gasteiger partial charge in [0.1, 0.15) is 0 Å². The molecule has 2 rings (SSSR count). The standard InChI is InChI=1S/C15H23FN2O/c1-4-15(5-2)11-18(9-8-17-15)12-6-7-14(19-3)13(16)10-12/h6-7,10,17H,4-5,8-9,11H2,1-3H3. The molecule has 0 radical (unpaired) electrons. The fraction of sp³-hybridized carbons (Fsp3) is 0.600. The van der Waals surface area contributed by atoms with E-state index < -0.39 is 0 Å². The SMILES string of the molecule is CCC1(CC)CN(c2ccc(OC)c(F)c2)CCN1. The predicted molar refractivity (Wildman–Crippen MR) is 76.5 cm³/mol. The molecule has 0 unspecified atom stereocenters. The van der Waals surface area contributed by atoms with Crippen molar-refractivity contribution in [2.75, 3.05) is 31.6 Å². The largest absolute Gasteiger partial charge is 0.494 e. The maximum atomic E-state index is 13.8. The summed E-state index contributed by atoms with van der Waals surface area (Å²) in [6.45, 7) is 7.18. The van der Waals surface area contributed by atoms with Gasteiger partial charge in [0.25, 0.3) is 0 Å². The summed E-state index contributed by atoms with van der Waals surface area (Å²) in [7, 11) is 1.49. The van der Waals surface area contributed by atoms with E-state index in [2.05, 4.69) is 24.1 Å². The molecule has 1 aromatic carbocycles. The molecule has 106 valence electrons. The molecular formula is C15H23FN2O. The zero-order valence-electron chi connectivity index (χ0n) is 12.0. The van der Waals surface area contributed by atoms with E-state index in [-0.39, 0.29) is 11.4 Å². The van der Waals surface area contributed by atoms with Crippen LogP contribution in [0.4, 0.5) is 10.1 Å². The van der Waals surface area contributed by atoms with E-state index in [9.17, 15) is 4.39 Å². The van der Waals surface area contributed by atoms with Crippen molar-refractivity contribution in [1.82, 2.24) is 5.32 Å². The van der Waals surface area contributed by atoms with Crippen molar-refractivity contribution < 1.29 is 9.13 Å². The van der Waals surface area contributed by atoms with Crippen molar-refractivity contribution in [2.24, 2.45) is 0 Å². The van der Waals surface area contributed by atoms with E-state index in [1.165, 1.54) is 7.11 Å². The Morgan fingerprint density at radius 2 is 2.11 bits per heavy atom. The summed E-state index contributed by atoms with van der Waals surface area (Å²) >= 11 is 0. The summed E-state index contributed by atoms with van der Waals surface area (Å²) in [5, 5.41) is 3.61. The molecule has 19 heavy (non-hydrogen) atoms. The number of hydrogen-bond acceptors (Lipinski definition) is 3. The van der Waals surface area contributed by atoms with Gasteiger partial charge in [0, 0.05) is 36.9 Å². The molecule has 0 amide bonds. The summed E-state index contributed by atoms with van der Waals surface area (Å²) in [5.41, 5.74) is 1.08. The molecule has 1 N–H and O–H groups in total. The summed E-state index contributed by atoms with van der Waals surface area (Å²) in [4.78, 5) is 2.26. The van der Waals surface area contributed by atoms with Gasteiger partial charge in [0.15, 0.2) is 11.6 Å². The lowest BCUT2D eigenvalue weighted by Crippen LogP contribution is -2.60. The molecule has 1 aromatic rings. The van der Waals surface area contributed by atoms with Crippen LogP contribution < -0.4 is 15.0 Å². The van der Waals surface area contributed by atoms with E-state index in [0.29, 0.717) is 5.75 Å². The number of ether oxygens (including phenoxy) is 1. The molecule has 0 saturated carbocycles. The molecular weight excluding hydrogens is 243 g/mol. The van der Waals surface area contributed by atoms with E-state index in [4.69, 9.17) is 4.74 Å². The second-order valence-corrected chi connectivity index (χ2v) is 5.15. The van der Waals surface area contributed by atoms with Crippen molar-refractivity contribution in [3.8, 4) is 5.75 Å². The number of nitrogens with zero attached hydrogens (tertiary/aromatic N) is 1. The van der Waals surface area contributed by atoms with Gasteiger partial charge < -0.3 is 15.0 Å². The average Bonchev–Trinajstić information content (AvgIpc) is 2.47. The van der Waals surface area contributed by atoms with Crippen LogP contribution in [0.1, 0.15) is 26.7 Å². The monoisotopic (exact) mass is 266 g/mol. The lowest BCUT2D eigenvalue weighted by Gasteiger charge is -2.44. The number of halogens is 1. The Hall–Kier alpha value is -1.29. The molecule has 1 aliphatic heterocycles. The van der Waals surface area contributed by atoms with Crippen LogP contribution in [-0.4, -0.2) is 32.3 Å². The van der Waals surface area contributed by atoms with Crippen LogP contribution in [0.2, 0.25) is 0 Å². The van der Waals surface area contributed by atoms with Crippen molar-refractivity contribution in [1.29, 1.82) is 0 Å². The molecule has 4 heteroatoms. The van der Waals surface area contributed by atoms with Crippen molar-refractivity contribution in [3.05, 3.63) is 24.0 Å². The van der Waals surface area contributed by atoms with Crippen LogP contribution in [-0.2, 0) is 0 Å². The van der Waals surface area contributed by atoms with Crippen LogP contribution in [0, 0.1) is 5.82 Å². The normalized spacial score (nSPS) is 18.4. The minimum absolute atomic E-state index is 0.147. The predicted octanol–water partition coefficient (Wildman–Crippen LogP) is 2.80. The first-order valence-corrected chi connectivity index (χ1v) is 6.97. The topological polar surface area (TPSA) is 24.5 Å². The van der Waals surface area contributed by atoms with Crippen LogP contribution in [0.25, 0.3) is 0 Å². The minimum atomic E-state index is -0.294. The highest BCUT2D eigenvalue weighted by molar-refractivity contribution is 5.50. The Balaban J connectivity index is 2.19. The van der Waals surface area contributed by atoms with E-state index in [1.54, 1.807) is 12.1 Å². The van der Waals surface area contributed by atoms with Crippen LogP contribution >= 0.6 is 0 Å². The third kappa shape index (κ3) is 2.84. The first-order valence-electron chi connectivity index (χ1n) is 6.97.